The number of esters is 2. The third kappa shape index (κ3) is 6.37. The van der Waals surface area contributed by atoms with Crippen molar-refractivity contribution in [2.24, 2.45) is 0 Å². The van der Waals surface area contributed by atoms with Gasteiger partial charge in [-0.25, -0.2) is 9.59 Å². The van der Waals surface area contributed by atoms with E-state index in [1.54, 1.807) is 13.8 Å². The van der Waals surface area contributed by atoms with Gasteiger partial charge in [0, 0.05) is 12.1 Å². The first-order chi connectivity index (χ1) is 14.7. The van der Waals surface area contributed by atoms with Gasteiger partial charge in [0.1, 0.15) is 16.2 Å². The predicted molar refractivity (Wildman–Crippen MR) is 109 cm³/mol. The number of carbonyl (C=O) groups is 2. The molecule has 11 heteroatoms. The Kier molecular flexibility index (Phi) is 7.86. The van der Waals surface area contributed by atoms with E-state index in [2.05, 4.69) is 0 Å². The van der Waals surface area contributed by atoms with Crippen molar-refractivity contribution in [2.45, 2.75) is 18.7 Å². The molecule has 0 bridgehead atoms. The lowest BCUT2D eigenvalue weighted by Crippen LogP contribution is -2.18. The van der Waals surface area contributed by atoms with Gasteiger partial charge in [-0.3, -0.25) is 10.1 Å². The highest BCUT2D eigenvalue weighted by atomic mass is 32.2. The summed E-state index contributed by atoms with van der Waals surface area (Å²) in [7, 11) is -4.22. The fraction of sp³-hybridized carbons (Fsp3) is 0.200. The van der Waals surface area contributed by atoms with Gasteiger partial charge in [-0.2, -0.15) is 8.42 Å². The predicted octanol–water partition coefficient (Wildman–Crippen LogP) is 2.87. The van der Waals surface area contributed by atoms with Gasteiger partial charge in [0.2, 0.25) is 0 Å². The standard InChI is InChI=1S/C20H19NO9S/c1-3-28-19(22)18(20(23)29-4-2)13-14-5-11-17(12-6-14)31(26,27)30-16-9-7-15(8-10-16)21(24)25/h5-13H,3-4H2,1-2H3. The Morgan fingerprint density at radius 3 is 1.90 bits per heavy atom. The van der Waals surface area contributed by atoms with Crippen LogP contribution in [0.1, 0.15) is 19.4 Å². The average Bonchev–Trinajstić information content (AvgIpc) is 2.72. The van der Waals surface area contributed by atoms with E-state index in [1.165, 1.54) is 30.3 Å². The summed E-state index contributed by atoms with van der Waals surface area (Å²) in [6.45, 7) is 3.30. The van der Waals surface area contributed by atoms with E-state index in [1.807, 2.05) is 0 Å². The Morgan fingerprint density at radius 2 is 1.45 bits per heavy atom. The minimum Gasteiger partial charge on any atom is -0.462 e. The molecule has 0 heterocycles. The molecule has 0 N–H and O–H groups in total. The highest BCUT2D eigenvalue weighted by Gasteiger charge is 2.22. The van der Waals surface area contributed by atoms with Crippen molar-refractivity contribution in [3.05, 3.63) is 69.8 Å². The molecular weight excluding hydrogens is 430 g/mol. The molecule has 0 aliphatic carbocycles. The second kappa shape index (κ2) is 10.3. The Balaban J connectivity index is 2.25. The van der Waals surface area contributed by atoms with Crippen LogP contribution in [0.4, 0.5) is 5.69 Å². The summed E-state index contributed by atoms with van der Waals surface area (Å²) in [6.07, 6.45) is 1.23. The molecule has 0 amide bonds. The molecule has 0 radical (unpaired) electrons. The van der Waals surface area contributed by atoms with Crippen molar-refractivity contribution in [1.29, 1.82) is 0 Å². The van der Waals surface area contributed by atoms with Crippen molar-refractivity contribution < 1.29 is 36.6 Å². The summed E-state index contributed by atoms with van der Waals surface area (Å²) >= 11 is 0. The molecule has 0 saturated carbocycles. The van der Waals surface area contributed by atoms with Gasteiger partial charge in [-0.05, 0) is 49.8 Å². The summed E-state index contributed by atoms with van der Waals surface area (Å²) in [4.78, 5) is 33.9. The van der Waals surface area contributed by atoms with Crippen LogP contribution in [0.25, 0.3) is 6.08 Å². The summed E-state index contributed by atoms with van der Waals surface area (Å²) < 4.78 is 39.5. The van der Waals surface area contributed by atoms with E-state index in [0.29, 0.717) is 5.56 Å². The van der Waals surface area contributed by atoms with E-state index >= 15 is 0 Å². The van der Waals surface area contributed by atoms with Crippen molar-refractivity contribution in [3.8, 4) is 5.75 Å². The monoisotopic (exact) mass is 449 g/mol. The fourth-order valence-electron chi connectivity index (χ4n) is 2.31. The number of benzene rings is 2. The number of nitro benzene ring substituents is 1. The molecule has 0 aromatic heterocycles. The number of nitro groups is 1. The van der Waals surface area contributed by atoms with Crippen molar-refractivity contribution in [2.75, 3.05) is 13.2 Å². The lowest BCUT2D eigenvalue weighted by molar-refractivity contribution is -0.384. The van der Waals surface area contributed by atoms with Crippen LogP contribution in [0.15, 0.2) is 59.0 Å². The largest absolute Gasteiger partial charge is 0.462 e. The Hall–Kier alpha value is -3.73. The number of non-ortho nitro benzene ring substituents is 1. The summed E-state index contributed by atoms with van der Waals surface area (Å²) in [5.41, 5.74) is -0.188. The number of ether oxygens (including phenoxy) is 2. The van der Waals surface area contributed by atoms with Crippen LogP contribution in [0.5, 0.6) is 5.75 Å². The second-order valence-corrected chi connectivity index (χ2v) is 7.40. The molecule has 0 unspecified atom stereocenters. The molecule has 0 saturated heterocycles. The number of nitrogens with zero attached hydrogens (tertiary/aromatic N) is 1. The average molecular weight is 449 g/mol. The van der Waals surface area contributed by atoms with E-state index in [9.17, 15) is 28.1 Å². The van der Waals surface area contributed by atoms with Gasteiger partial charge >= 0.3 is 22.1 Å². The normalized spacial score (nSPS) is 10.6. The summed E-state index contributed by atoms with van der Waals surface area (Å²) in [5.74, 6) is -1.82. The third-order valence-corrected chi connectivity index (χ3v) is 4.99. The Labute approximate surface area is 178 Å². The molecule has 0 spiro atoms. The number of hydrogen-bond donors (Lipinski definition) is 0. The van der Waals surface area contributed by atoms with E-state index in [-0.39, 0.29) is 35.1 Å². The van der Waals surface area contributed by atoms with E-state index < -0.39 is 27.0 Å². The first-order valence-electron chi connectivity index (χ1n) is 9.03. The molecule has 0 aliphatic rings. The number of carbonyl (C=O) groups excluding carboxylic acids is 2. The number of rotatable bonds is 9. The van der Waals surface area contributed by atoms with Gasteiger partial charge in [0.05, 0.1) is 18.1 Å². The smallest absolute Gasteiger partial charge is 0.345 e. The zero-order valence-corrected chi connectivity index (χ0v) is 17.5. The molecule has 164 valence electrons. The quantitative estimate of drug-likeness (QED) is 0.107. The van der Waals surface area contributed by atoms with Crippen LogP contribution in [0.2, 0.25) is 0 Å². The summed E-state index contributed by atoms with van der Waals surface area (Å²) in [6, 6.07) is 9.74. The lowest BCUT2D eigenvalue weighted by atomic mass is 10.1. The zero-order chi connectivity index (χ0) is 23.0. The maximum Gasteiger partial charge on any atom is 0.345 e. The van der Waals surface area contributed by atoms with Gasteiger partial charge in [-0.1, -0.05) is 12.1 Å². The van der Waals surface area contributed by atoms with Crippen LogP contribution in [-0.4, -0.2) is 38.5 Å². The van der Waals surface area contributed by atoms with Gasteiger partial charge in [-0.15, -0.1) is 0 Å². The molecule has 2 aromatic rings. The maximum atomic E-state index is 12.4. The maximum absolute atomic E-state index is 12.4. The first kappa shape index (κ1) is 23.5. The molecule has 10 nitrogen and oxygen atoms in total. The van der Waals surface area contributed by atoms with E-state index in [0.717, 1.165) is 24.3 Å². The zero-order valence-electron chi connectivity index (χ0n) is 16.6. The molecule has 2 rings (SSSR count). The molecule has 0 aliphatic heterocycles. The van der Waals surface area contributed by atoms with Crippen LogP contribution in [-0.2, 0) is 29.2 Å². The van der Waals surface area contributed by atoms with Crippen LogP contribution < -0.4 is 4.18 Å². The van der Waals surface area contributed by atoms with Crippen molar-refractivity contribution >= 4 is 33.8 Å². The van der Waals surface area contributed by atoms with Crippen LogP contribution in [0.3, 0.4) is 0 Å². The topological polar surface area (TPSA) is 139 Å². The molecular formula is C20H19NO9S. The van der Waals surface area contributed by atoms with E-state index in [4.69, 9.17) is 13.7 Å². The SMILES string of the molecule is CCOC(=O)C(=Cc1ccc(S(=O)(=O)Oc2ccc([N+](=O)[O-])cc2)cc1)C(=O)OCC. The molecule has 0 fully saturated rings. The Morgan fingerprint density at radius 1 is 0.935 bits per heavy atom. The first-order valence-corrected chi connectivity index (χ1v) is 10.4. The lowest BCUT2D eigenvalue weighted by Gasteiger charge is -2.08. The summed E-state index contributed by atoms with van der Waals surface area (Å²) in [5, 5.41) is 10.7. The minimum absolute atomic E-state index is 0.0622. The minimum atomic E-state index is -4.22. The van der Waals surface area contributed by atoms with Gasteiger partial charge in [0.15, 0.2) is 0 Å². The van der Waals surface area contributed by atoms with Crippen LogP contribution in [0, 0.1) is 10.1 Å². The third-order valence-electron chi connectivity index (χ3n) is 3.72. The van der Waals surface area contributed by atoms with Gasteiger partial charge in [0.25, 0.3) is 5.69 Å². The Bertz CT molecular complexity index is 1070. The van der Waals surface area contributed by atoms with Gasteiger partial charge < -0.3 is 13.7 Å². The molecule has 2 aromatic carbocycles. The van der Waals surface area contributed by atoms with Crippen LogP contribution >= 0.6 is 0 Å². The van der Waals surface area contributed by atoms with Crippen molar-refractivity contribution in [1.82, 2.24) is 0 Å². The second-order valence-electron chi connectivity index (χ2n) is 5.86. The molecule has 0 atom stereocenters. The number of hydrogen-bond acceptors (Lipinski definition) is 9. The fourth-order valence-corrected chi connectivity index (χ4v) is 3.24. The highest BCUT2D eigenvalue weighted by molar-refractivity contribution is 7.87. The highest BCUT2D eigenvalue weighted by Crippen LogP contribution is 2.22. The molecule has 31 heavy (non-hydrogen) atoms. The van der Waals surface area contributed by atoms with Crippen molar-refractivity contribution in [3.63, 3.8) is 0 Å².